The predicted octanol–water partition coefficient (Wildman–Crippen LogP) is 0.821. The second-order valence-electron chi connectivity index (χ2n) is 3.98. The Labute approximate surface area is 107 Å². The van der Waals surface area contributed by atoms with Crippen LogP contribution in [-0.2, 0) is 4.79 Å². The van der Waals surface area contributed by atoms with Gasteiger partial charge in [0.2, 0.25) is 5.91 Å². The number of likely N-dealkylation sites (N-methyl/N-ethyl adjacent to an activating group) is 1. The number of carbonyl (C=O) groups excluding carboxylic acids is 1. The quantitative estimate of drug-likeness (QED) is 0.734. The highest BCUT2D eigenvalue weighted by atomic mass is 32.1. The molecule has 92 valence electrons. The number of carbonyl (C=O) groups is 1. The number of amides is 1. The zero-order valence-electron chi connectivity index (χ0n) is 9.80. The molecule has 4 nitrogen and oxygen atoms in total. The van der Waals surface area contributed by atoms with Gasteiger partial charge in [-0.1, -0.05) is 42.5 Å². The minimum Gasteiger partial charge on any atom is -0.393 e. The summed E-state index contributed by atoms with van der Waals surface area (Å²) in [4.78, 5) is 13.2. The van der Waals surface area contributed by atoms with Gasteiger partial charge in [0, 0.05) is 12.5 Å². The highest BCUT2D eigenvalue weighted by Gasteiger charge is 2.18. The molecule has 0 aromatic heterocycles. The van der Waals surface area contributed by atoms with Gasteiger partial charge in [-0.05, 0) is 12.6 Å². The number of nitrogens with two attached hydrogens (primary N) is 2. The van der Waals surface area contributed by atoms with Crippen molar-refractivity contribution in [3.05, 3.63) is 35.9 Å². The first-order valence-corrected chi connectivity index (χ1v) is 5.73. The van der Waals surface area contributed by atoms with E-state index >= 15 is 0 Å². The Bertz CT molecular complexity index is 394. The van der Waals surface area contributed by atoms with Gasteiger partial charge in [-0.15, -0.1) is 0 Å². The molecule has 1 amide bonds. The van der Waals surface area contributed by atoms with Crippen molar-refractivity contribution in [1.29, 1.82) is 0 Å². The lowest BCUT2D eigenvalue weighted by Gasteiger charge is -2.27. The summed E-state index contributed by atoms with van der Waals surface area (Å²) in [6, 6.07) is 9.79. The highest BCUT2D eigenvalue weighted by molar-refractivity contribution is 7.80. The molecule has 0 bridgehead atoms. The molecule has 1 rings (SSSR count). The number of primary amides is 1. The fourth-order valence-corrected chi connectivity index (χ4v) is 1.91. The Hall–Kier alpha value is -1.46. The molecule has 0 heterocycles. The van der Waals surface area contributed by atoms with E-state index in [0.29, 0.717) is 11.4 Å². The molecule has 0 aliphatic rings. The van der Waals surface area contributed by atoms with E-state index in [2.05, 4.69) is 0 Å². The average molecular weight is 251 g/mol. The summed E-state index contributed by atoms with van der Waals surface area (Å²) in [6.45, 7) is 0.183. The summed E-state index contributed by atoms with van der Waals surface area (Å²) in [6.07, 6.45) is 0.531. The highest BCUT2D eigenvalue weighted by Crippen LogP contribution is 2.22. The molecule has 1 aromatic carbocycles. The third kappa shape index (κ3) is 4.50. The number of hydrogen-bond donors (Lipinski definition) is 2. The third-order valence-corrected chi connectivity index (χ3v) is 2.68. The molecule has 0 aliphatic heterocycles. The molecule has 1 aromatic rings. The van der Waals surface area contributed by atoms with Gasteiger partial charge in [0.25, 0.3) is 0 Å². The topological polar surface area (TPSA) is 72.3 Å². The zero-order chi connectivity index (χ0) is 12.8. The first kappa shape index (κ1) is 13.6. The summed E-state index contributed by atoms with van der Waals surface area (Å²) < 4.78 is 0. The van der Waals surface area contributed by atoms with Crippen molar-refractivity contribution < 1.29 is 4.79 Å². The van der Waals surface area contributed by atoms with Gasteiger partial charge in [0.1, 0.15) is 0 Å². The maximum absolute atomic E-state index is 10.9. The normalized spacial score (nSPS) is 12.4. The molecule has 1 atom stereocenters. The fraction of sp³-hybridized carbons (Fsp3) is 0.333. The molecule has 5 heteroatoms. The minimum absolute atomic E-state index is 0.0128. The first-order valence-electron chi connectivity index (χ1n) is 5.32. The van der Waals surface area contributed by atoms with E-state index in [1.165, 1.54) is 0 Å². The van der Waals surface area contributed by atoms with Crippen molar-refractivity contribution in [2.75, 3.05) is 13.6 Å². The number of rotatable bonds is 6. The van der Waals surface area contributed by atoms with Crippen molar-refractivity contribution in [1.82, 2.24) is 4.90 Å². The third-order valence-electron chi connectivity index (χ3n) is 2.52. The van der Waals surface area contributed by atoms with Crippen LogP contribution < -0.4 is 11.5 Å². The lowest BCUT2D eigenvalue weighted by atomic mass is 10.0. The van der Waals surface area contributed by atoms with E-state index in [1.54, 1.807) is 0 Å². The van der Waals surface area contributed by atoms with Gasteiger partial charge >= 0.3 is 0 Å². The van der Waals surface area contributed by atoms with Crippen molar-refractivity contribution in [2.45, 2.75) is 12.5 Å². The van der Waals surface area contributed by atoms with Crippen molar-refractivity contribution >= 4 is 23.1 Å². The molecule has 1 unspecified atom stereocenters. The van der Waals surface area contributed by atoms with E-state index in [4.69, 9.17) is 23.7 Å². The van der Waals surface area contributed by atoms with Crippen LogP contribution in [-0.4, -0.2) is 29.4 Å². The zero-order valence-corrected chi connectivity index (χ0v) is 10.6. The first-order chi connectivity index (χ1) is 8.00. The molecule has 0 fully saturated rings. The maximum Gasteiger partial charge on any atom is 0.231 e. The molecule has 0 spiro atoms. The van der Waals surface area contributed by atoms with Crippen molar-refractivity contribution in [2.24, 2.45) is 11.5 Å². The molecule has 0 radical (unpaired) electrons. The molecule has 0 aliphatic carbocycles. The van der Waals surface area contributed by atoms with E-state index < -0.39 is 0 Å². The molecular formula is C12H17N3OS. The van der Waals surface area contributed by atoms with Crippen LogP contribution in [0.4, 0.5) is 0 Å². The van der Waals surface area contributed by atoms with Crippen LogP contribution in [0, 0.1) is 0 Å². The largest absolute Gasteiger partial charge is 0.393 e. The predicted molar refractivity (Wildman–Crippen MR) is 72.4 cm³/mol. The summed E-state index contributed by atoms with van der Waals surface area (Å²) in [5.41, 5.74) is 11.9. The van der Waals surface area contributed by atoms with Crippen LogP contribution in [0.1, 0.15) is 18.0 Å². The van der Waals surface area contributed by atoms with E-state index in [9.17, 15) is 4.79 Å². The molecular weight excluding hydrogens is 234 g/mol. The lowest BCUT2D eigenvalue weighted by molar-refractivity contribution is -0.119. The van der Waals surface area contributed by atoms with Crippen molar-refractivity contribution in [3.8, 4) is 0 Å². The average Bonchev–Trinajstić information content (AvgIpc) is 2.25. The minimum atomic E-state index is -0.364. The second-order valence-corrected chi connectivity index (χ2v) is 4.50. The van der Waals surface area contributed by atoms with Crippen LogP contribution in [0.25, 0.3) is 0 Å². The summed E-state index contributed by atoms with van der Waals surface area (Å²) in [7, 11) is 1.83. The lowest BCUT2D eigenvalue weighted by Crippen LogP contribution is -2.35. The standard InChI is InChI=1S/C12H17N3OS/c1-15(8-11(13)16)10(7-12(14)17)9-5-3-2-4-6-9/h2-6,10H,7-8H2,1H3,(H2,13,16)(H2,14,17). The maximum atomic E-state index is 10.9. The number of hydrogen-bond acceptors (Lipinski definition) is 3. The summed E-state index contributed by atoms with van der Waals surface area (Å²) in [5.74, 6) is -0.364. The van der Waals surface area contributed by atoms with E-state index in [-0.39, 0.29) is 18.5 Å². The Balaban J connectivity index is 2.87. The SMILES string of the molecule is CN(CC(N)=O)C(CC(N)=S)c1ccccc1. The van der Waals surface area contributed by atoms with Gasteiger partial charge < -0.3 is 11.5 Å². The Kier molecular flexibility index (Phi) is 5.06. The molecule has 4 N–H and O–H groups in total. The van der Waals surface area contributed by atoms with E-state index in [1.807, 2.05) is 42.3 Å². The van der Waals surface area contributed by atoms with Crippen LogP contribution in [0.15, 0.2) is 30.3 Å². The van der Waals surface area contributed by atoms with Crippen molar-refractivity contribution in [3.63, 3.8) is 0 Å². The number of nitrogens with zero attached hydrogens (tertiary/aromatic N) is 1. The summed E-state index contributed by atoms with van der Waals surface area (Å²) in [5, 5.41) is 0. The Morgan fingerprint density at radius 3 is 2.41 bits per heavy atom. The molecule has 0 saturated heterocycles. The van der Waals surface area contributed by atoms with Crippen LogP contribution in [0.5, 0.6) is 0 Å². The number of thiocarbonyl (C=S) groups is 1. The Morgan fingerprint density at radius 2 is 1.94 bits per heavy atom. The fourth-order valence-electron chi connectivity index (χ4n) is 1.75. The summed E-state index contributed by atoms with van der Waals surface area (Å²) >= 11 is 4.94. The van der Waals surface area contributed by atoms with Gasteiger partial charge in [-0.25, -0.2) is 0 Å². The molecule has 17 heavy (non-hydrogen) atoms. The monoisotopic (exact) mass is 251 g/mol. The van der Waals surface area contributed by atoms with Gasteiger partial charge in [-0.2, -0.15) is 0 Å². The van der Waals surface area contributed by atoms with E-state index in [0.717, 1.165) is 5.56 Å². The molecule has 0 saturated carbocycles. The smallest absolute Gasteiger partial charge is 0.231 e. The van der Waals surface area contributed by atoms with Crippen LogP contribution >= 0.6 is 12.2 Å². The van der Waals surface area contributed by atoms with Crippen LogP contribution in [0.3, 0.4) is 0 Å². The number of benzene rings is 1. The van der Waals surface area contributed by atoms with Gasteiger partial charge in [0.15, 0.2) is 0 Å². The second kappa shape index (κ2) is 6.32. The van der Waals surface area contributed by atoms with Crippen LogP contribution in [0.2, 0.25) is 0 Å². The van der Waals surface area contributed by atoms with Gasteiger partial charge in [0.05, 0.1) is 11.5 Å². The van der Waals surface area contributed by atoms with Gasteiger partial charge in [-0.3, -0.25) is 9.69 Å². The Morgan fingerprint density at radius 1 is 1.35 bits per heavy atom.